The van der Waals surface area contributed by atoms with Gasteiger partial charge in [-0.15, -0.1) is 0 Å². The van der Waals surface area contributed by atoms with E-state index in [2.05, 4.69) is 50.3 Å². The molecule has 0 bridgehead atoms. The molecule has 4 nitrogen and oxygen atoms in total. The largest absolute Gasteiger partial charge is 0.353 e. The molecule has 0 aliphatic heterocycles. The van der Waals surface area contributed by atoms with E-state index in [0.29, 0.717) is 6.04 Å². The zero-order chi connectivity index (χ0) is 14.2. The molecule has 2 heterocycles. The average Bonchev–Trinajstić information content (AvgIpc) is 3.24. The Balaban J connectivity index is 1.71. The van der Waals surface area contributed by atoms with Crippen LogP contribution >= 0.6 is 0 Å². The predicted octanol–water partition coefficient (Wildman–Crippen LogP) is 3.36. The molecule has 0 atom stereocenters. The quantitative estimate of drug-likeness (QED) is 0.795. The summed E-state index contributed by atoms with van der Waals surface area (Å²) in [4.78, 5) is 9.13. The highest BCUT2D eigenvalue weighted by molar-refractivity contribution is 5.81. The van der Waals surface area contributed by atoms with Crippen molar-refractivity contribution in [3.63, 3.8) is 0 Å². The van der Waals surface area contributed by atoms with Gasteiger partial charge in [-0.3, -0.25) is 4.98 Å². The zero-order valence-corrected chi connectivity index (χ0v) is 12.1. The number of nitrogens with zero attached hydrogens (tertiary/aromatic N) is 3. The fourth-order valence-electron chi connectivity index (χ4n) is 2.67. The summed E-state index contributed by atoms with van der Waals surface area (Å²) in [6.45, 7) is 2.83. The summed E-state index contributed by atoms with van der Waals surface area (Å²) >= 11 is 0. The van der Waals surface area contributed by atoms with Gasteiger partial charge in [0.15, 0.2) is 0 Å². The third kappa shape index (κ3) is 2.49. The summed E-state index contributed by atoms with van der Waals surface area (Å²) in [5, 5.41) is 4.69. The van der Waals surface area contributed by atoms with Crippen LogP contribution in [0.3, 0.4) is 0 Å². The van der Waals surface area contributed by atoms with Crippen molar-refractivity contribution < 1.29 is 0 Å². The van der Waals surface area contributed by atoms with E-state index < -0.39 is 0 Å². The van der Waals surface area contributed by atoms with Gasteiger partial charge in [-0.1, -0.05) is 24.3 Å². The molecular weight excluding hydrogens is 260 g/mol. The maximum atomic E-state index is 4.60. The van der Waals surface area contributed by atoms with Gasteiger partial charge in [-0.25, -0.2) is 4.98 Å². The molecule has 1 aromatic carbocycles. The Kier molecular flexibility index (Phi) is 2.88. The Morgan fingerprint density at radius 3 is 2.95 bits per heavy atom. The number of benzene rings is 1. The first-order chi connectivity index (χ1) is 10.3. The maximum absolute atomic E-state index is 4.60. The minimum absolute atomic E-state index is 0.608. The SMILES string of the molecule is Cc1cn(Cc2cccc3cccnc23)c(NC2CC2)n1. The fraction of sp³-hybridized carbons (Fsp3) is 0.294. The van der Waals surface area contributed by atoms with Crippen LogP contribution in [0.25, 0.3) is 10.9 Å². The molecule has 0 amide bonds. The van der Waals surface area contributed by atoms with Crippen molar-refractivity contribution in [3.8, 4) is 0 Å². The van der Waals surface area contributed by atoms with Crippen molar-refractivity contribution >= 4 is 16.9 Å². The molecule has 0 radical (unpaired) electrons. The zero-order valence-electron chi connectivity index (χ0n) is 12.1. The lowest BCUT2D eigenvalue weighted by atomic mass is 10.1. The van der Waals surface area contributed by atoms with Crippen molar-refractivity contribution in [2.45, 2.75) is 32.4 Å². The molecule has 106 valence electrons. The molecule has 4 heteroatoms. The second-order valence-corrected chi connectivity index (χ2v) is 5.74. The van der Waals surface area contributed by atoms with E-state index in [1.807, 2.05) is 19.2 Å². The second kappa shape index (κ2) is 4.88. The van der Waals surface area contributed by atoms with Crippen LogP contribution in [-0.2, 0) is 6.54 Å². The van der Waals surface area contributed by atoms with Crippen LogP contribution in [0.15, 0.2) is 42.7 Å². The number of imidazole rings is 1. The van der Waals surface area contributed by atoms with Gasteiger partial charge in [0.2, 0.25) is 5.95 Å². The first-order valence-electron chi connectivity index (χ1n) is 7.42. The number of hydrogen-bond acceptors (Lipinski definition) is 3. The van der Waals surface area contributed by atoms with Gasteiger partial charge in [0.05, 0.1) is 17.8 Å². The molecule has 1 aliphatic rings. The standard InChI is InChI=1S/C17H18N4/c1-12-10-21(17(19-12)20-15-7-8-15)11-14-5-2-4-13-6-3-9-18-16(13)14/h2-6,9-10,15H,7-8,11H2,1H3,(H,19,20). The number of nitrogens with one attached hydrogen (secondary N) is 1. The lowest BCUT2D eigenvalue weighted by molar-refractivity contribution is 0.799. The molecule has 2 aromatic heterocycles. The van der Waals surface area contributed by atoms with Crippen molar-refractivity contribution in [1.29, 1.82) is 0 Å². The number of anilines is 1. The lowest BCUT2D eigenvalue weighted by Crippen LogP contribution is -2.09. The van der Waals surface area contributed by atoms with Gasteiger partial charge in [0.25, 0.3) is 0 Å². The first kappa shape index (κ1) is 12.4. The number of aryl methyl sites for hydroxylation is 1. The molecular formula is C17H18N4. The summed E-state index contributed by atoms with van der Waals surface area (Å²) in [7, 11) is 0. The highest BCUT2D eigenvalue weighted by atomic mass is 15.2. The van der Waals surface area contributed by atoms with Gasteiger partial charge in [-0.2, -0.15) is 0 Å². The smallest absolute Gasteiger partial charge is 0.203 e. The number of fused-ring (bicyclic) bond motifs is 1. The Morgan fingerprint density at radius 1 is 1.24 bits per heavy atom. The highest BCUT2D eigenvalue weighted by Gasteiger charge is 2.23. The minimum Gasteiger partial charge on any atom is -0.353 e. The third-order valence-corrected chi connectivity index (χ3v) is 3.86. The number of hydrogen-bond donors (Lipinski definition) is 1. The van der Waals surface area contributed by atoms with Gasteiger partial charge < -0.3 is 9.88 Å². The summed E-state index contributed by atoms with van der Waals surface area (Å²) in [6.07, 6.45) is 6.46. The molecule has 21 heavy (non-hydrogen) atoms. The van der Waals surface area contributed by atoms with Crippen molar-refractivity contribution in [2.24, 2.45) is 0 Å². The van der Waals surface area contributed by atoms with Crippen LogP contribution in [0.1, 0.15) is 24.1 Å². The molecule has 1 aliphatic carbocycles. The van der Waals surface area contributed by atoms with Gasteiger partial charge >= 0.3 is 0 Å². The van der Waals surface area contributed by atoms with Crippen LogP contribution in [0.5, 0.6) is 0 Å². The number of rotatable bonds is 4. The number of para-hydroxylation sites is 1. The van der Waals surface area contributed by atoms with Crippen LogP contribution in [0.2, 0.25) is 0 Å². The highest BCUT2D eigenvalue weighted by Crippen LogP contribution is 2.25. The number of aromatic nitrogens is 3. The number of pyridine rings is 1. The summed E-state index contributed by atoms with van der Waals surface area (Å²) in [5.41, 5.74) is 3.35. The average molecular weight is 278 g/mol. The molecule has 0 spiro atoms. The van der Waals surface area contributed by atoms with E-state index in [-0.39, 0.29) is 0 Å². The molecule has 4 rings (SSSR count). The van der Waals surface area contributed by atoms with E-state index in [0.717, 1.165) is 23.7 Å². The first-order valence-corrected chi connectivity index (χ1v) is 7.42. The molecule has 1 saturated carbocycles. The van der Waals surface area contributed by atoms with Crippen LogP contribution in [-0.4, -0.2) is 20.6 Å². The van der Waals surface area contributed by atoms with Crippen molar-refractivity contribution in [3.05, 3.63) is 54.0 Å². The molecule has 3 aromatic rings. The van der Waals surface area contributed by atoms with Crippen molar-refractivity contribution in [1.82, 2.24) is 14.5 Å². The molecule has 0 saturated heterocycles. The minimum atomic E-state index is 0.608. The van der Waals surface area contributed by atoms with E-state index >= 15 is 0 Å². The monoisotopic (exact) mass is 278 g/mol. The van der Waals surface area contributed by atoms with Crippen molar-refractivity contribution in [2.75, 3.05) is 5.32 Å². The summed E-state index contributed by atoms with van der Waals surface area (Å²) < 4.78 is 2.19. The van der Waals surface area contributed by atoms with E-state index in [1.165, 1.54) is 23.8 Å². The van der Waals surface area contributed by atoms with Crippen LogP contribution < -0.4 is 5.32 Å². The fourth-order valence-corrected chi connectivity index (χ4v) is 2.67. The third-order valence-electron chi connectivity index (χ3n) is 3.86. The predicted molar refractivity (Wildman–Crippen MR) is 84.5 cm³/mol. The van der Waals surface area contributed by atoms with E-state index in [4.69, 9.17) is 0 Å². The van der Waals surface area contributed by atoms with Crippen LogP contribution in [0, 0.1) is 6.92 Å². The topological polar surface area (TPSA) is 42.7 Å². The Bertz CT molecular complexity index is 781. The Hall–Kier alpha value is -2.36. The molecule has 1 fully saturated rings. The van der Waals surface area contributed by atoms with E-state index in [9.17, 15) is 0 Å². The molecule has 0 unspecified atom stereocenters. The summed E-state index contributed by atoms with van der Waals surface area (Å²) in [6, 6.07) is 11.0. The summed E-state index contributed by atoms with van der Waals surface area (Å²) in [5.74, 6) is 0.975. The van der Waals surface area contributed by atoms with E-state index in [1.54, 1.807) is 0 Å². The lowest BCUT2D eigenvalue weighted by Gasteiger charge is -2.10. The Morgan fingerprint density at radius 2 is 2.10 bits per heavy atom. The maximum Gasteiger partial charge on any atom is 0.203 e. The van der Waals surface area contributed by atoms with Crippen LogP contribution in [0.4, 0.5) is 5.95 Å². The van der Waals surface area contributed by atoms with Gasteiger partial charge in [0, 0.05) is 23.8 Å². The normalized spacial score (nSPS) is 14.5. The second-order valence-electron chi connectivity index (χ2n) is 5.74. The molecule has 1 N–H and O–H groups in total. The van der Waals surface area contributed by atoms with Gasteiger partial charge in [-0.05, 0) is 31.4 Å². The Labute approximate surface area is 123 Å². The van der Waals surface area contributed by atoms with Gasteiger partial charge in [0.1, 0.15) is 0 Å².